The van der Waals surface area contributed by atoms with Crippen molar-refractivity contribution in [2.75, 3.05) is 13.2 Å². The highest BCUT2D eigenvalue weighted by atomic mass is 28.4. The molecule has 0 saturated carbocycles. The molecule has 0 unspecified atom stereocenters. The molecule has 0 bridgehead atoms. The van der Waals surface area contributed by atoms with Crippen LogP contribution in [0.3, 0.4) is 0 Å². The summed E-state index contributed by atoms with van der Waals surface area (Å²) in [6.07, 6.45) is 7.41. The highest BCUT2D eigenvalue weighted by Gasteiger charge is 2.40. The molecule has 32 heavy (non-hydrogen) atoms. The van der Waals surface area contributed by atoms with Gasteiger partial charge in [-0.1, -0.05) is 77.1 Å². The van der Waals surface area contributed by atoms with Crippen molar-refractivity contribution < 1.29 is 19.4 Å². The molecule has 0 fully saturated rings. The second-order valence-electron chi connectivity index (χ2n) is 10.8. The van der Waals surface area contributed by atoms with Crippen molar-refractivity contribution in [2.24, 2.45) is 11.8 Å². The number of hydrogen-bond donors (Lipinski definition) is 2. The van der Waals surface area contributed by atoms with Gasteiger partial charge in [-0.3, -0.25) is 0 Å². The summed E-state index contributed by atoms with van der Waals surface area (Å²) in [5, 5.41) is 19.8. The zero-order chi connectivity index (χ0) is 24.2. The molecule has 0 aromatic heterocycles. The third-order valence-corrected chi connectivity index (χ3v) is 11.2. The van der Waals surface area contributed by atoms with Crippen molar-refractivity contribution in [1.29, 1.82) is 0 Å². The van der Waals surface area contributed by atoms with Crippen molar-refractivity contribution >= 4 is 8.32 Å². The van der Waals surface area contributed by atoms with Gasteiger partial charge in [0.05, 0.1) is 19.3 Å². The number of hydrogen-bond acceptors (Lipinski definition) is 4. The average Bonchev–Trinajstić information content (AvgIpc) is 2.73. The predicted molar refractivity (Wildman–Crippen MR) is 137 cm³/mol. The molecule has 4 nitrogen and oxygen atoms in total. The number of allylic oxidation sites excluding steroid dienone is 1. The van der Waals surface area contributed by atoms with E-state index in [1.54, 1.807) is 0 Å². The number of aliphatic hydroxyl groups is 2. The molecule has 0 heterocycles. The largest absolute Gasteiger partial charge is 0.414 e. The van der Waals surface area contributed by atoms with Gasteiger partial charge in [-0.15, -0.1) is 0 Å². The van der Waals surface area contributed by atoms with Crippen LogP contribution in [0.4, 0.5) is 0 Å². The van der Waals surface area contributed by atoms with E-state index in [1.807, 2.05) is 36.4 Å². The molecule has 0 aliphatic heterocycles. The topological polar surface area (TPSA) is 58.9 Å². The fourth-order valence-electron chi connectivity index (χ4n) is 3.28. The molecular formula is C27H48O4Si. The molecule has 0 saturated heterocycles. The highest BCUT2D eigenvalue weighted by molar-refractivity contribution is 6.74. The van der Waals surface area contributed by atoms with Crippen LogP contribution in [-0.4, -0.2) is 44.0 Å². The predicted octanol–water partition coefficient (Wildman–Crippen LogP) is 6.34. The smallest absolute Gasteiger partial charge is 0.192 e. The molecule has 184 valence electrons. The van der Waals surface area contributed by atoms with Gasteiger partial charge < -0.3 is 19.4 Å². The Hall–Kier alpha value is -0.983. The van der Waals surface area contributed by atoms with E-state index < -0.39 is 14.4 Å². The summed E-state index contributed by atoms with van der Waals surface area (Å²) in [4.78, 5) is 0. The van der Waals surface area contributed by atoms with Crippen LogP contribution >= 0.6 is 0 Å². The van der Waals surface area contributed by atoms with Gasteiger partial charge >= 0.3 is 0 Å². The van der Waals surface area contributed by atoms with Crippen molar-refractivity contribution in [3.8, 4) is 0 Å². The summed E-state index contributed by atoms with van der Waals surface area (Å²) < 4.78 is 12.4. The summed E-state index contributed by atoms with van der Waals surface area (Å²) in [5.74, 6) is 0.727. The number of rotatable bonds is 15. The Morgan fingerprint density at radius 2 is 1.69 bits per heavy atom. The van der Waals surface area contributed by atoms with Crippen LogP contribution in [0, 0.1) is 11.8 Å². The molecule has 0 aliphatic rings. The molecule has 0 spiro atoms. The third-order valence-electron chi connectivity index (χ3n) is 6.69. The van der Waals surface area contributed by atoms with Crippen LogP contribution in [0.2, 0.25) is 18.1 Å². The average molecular weight is 465 g/mol. The third kappa shape index (κ3) is 11.2. The van der Waals surface area contributed by atoms with E-state index in [0.29, 0.717) is 25.0 Å². The van der Waals surface area contributed by atoms with E-state index in [1.165, 1.54) is 0 Å². The van der Waals surface area contributed by atoms with Gasteiger partial charge in [-0.25, -0.2) is 0 Å². The first-order chi connectivity index (χ1) is 15.0. The minimum absolute atomic E-state index is 0.178. The Balaban J connectivity index is 2.50. The Labute approximate surface area is 198 Å². The lowest BCUT2D eigenvalue weighted by Gasteiger charge is -2.41. The van der Waals surface area contributed by atoms with E-state index in [9.17, 15) is 10.2 Å². The van der Waals surface area contributed by atoms with Gasteiger partial charge in [0.1, 0.15) is 0 Å². The first-order valence-corrected chi connectivity index (χ1v) is 15.1. The normalized spacial score (nSPS) is 16.8. The van der Waals surface area contributed by atoms with E-state index >= 15 is 0 Å². The van der Waals surface area contributed by atoms with Gasteiger partial charge in [-0.2, -0.15) is 0 Å². The van der Waals surface area contributed by atoms with Crippen molar-refractivity contribution in [3.63, 3.8) is 0 Å². The Kier molecular flexibility index (Phi) is 13.0. The fraction of sp³-hybridized carbons (Fsp3) is 0.704. The van der Waals surface area contributed by atoms with Crippen LogP contribution in [0.25, 0.3) is 0 Å². The van der Waals surface area contributed by atoms with Crippen molar-refractivity contribution in [2.45, 2.75) is 97.2 Å². The Bertz CT molecular complexity index is 639. The number of ether oxygens (including phenoxy) is 1. The minimum Gasteiger partial charge on any atom is -0.414 e. The number of benzene rings is 1. The zero-order valence-electron chi connectivity index (χ0n) is 21.5. The molecule has 0 amide bonds. The Morgan fingerprint density at radius 3 is 2.28 bits per heavy atom. The maximum absolute atomic E-state index is 10.2. The fourth-order valence-corrected chi connectivity index (χ4v) is 4.74. The molecule has 5 heteroatoms. The molecule has 1 aromatic carbocycles. The van der Waals surface area contributed by atoms with Crippen LogP contribution < -0.4 is 0 Å². The molecule has 2 N–H and O–H groups in total. The van der Waals surface area contributed by atoms with Gasteiger partial charge in [0, 0.05) is 12.7 Å². The van der Waals surface area contributed by atoms with Crippen molar-refractivity contribution in [3.05, 3.63) is 48.0 Å². The number of aliphatic hydroxyl groups excluding tert-OH is 2. The zero-order valence-corrected chi connectivity index (χ0v) is 22.5. The van der Waals surface area contributed by atoms with Crippen molar-refractivity contribution in [1.82, 2.24) is 0 Å². The van der Waals surface area contributed by atoms with Gasteiger partial charge in [0.25, 0.3) is 0 Å². The molecular weight excluding hydrogens is 416 g/mol. The van der Waals surface area contributed by atoms with E-state index in [2.05, 4.69) is 53.8 Å². The van der Waals surface area contributed by atoms with Gasteiger partial charge in [-0.05, 0) is 61.2 Å². The summed E-state index contributed by atoms with van der Waals surface area (Å²) in [7, 11) is -1.86. The van der Waals surface area contributed by atoms with E-state index in [-0.39, 0.29) is 17.7 Å². The van der Waals surface area contributed by atoms with Crippen LogP contribution in [0.5, 0.6) is 0 Å². The summed E-state index contributed by atoms with van der Waals surface area (Å²) >= 11 is 0. The van der Waals surface area contributed by atoms with E-state index in [0.717, 1.165) is 31.2 Å². The van der Waals surface area contributed by atoms with Crippen LogP contribution in [0.1, 0.15) is 65.9 Å². The molecule has 1 rings (SSSR count). The molecule has 4 atom stereocenters. The maximum Gasteiger partial charge on any atom is 0.192 e. The van der Waals surface area contributed by atoms with Crippen LogP contribution in [-0.2, 0) is 15.8 Å². The molecule has 0 radical (unpaired) electrons. The lowest BCUT2D eigenvalue weighted by Crippen LogP contribution is -2.45. The second kappa shape index (κ2) is 14.3. The summed E-state index contributed by atoms with van der Waals surface area (Å²) in [6, 6.07) is 10.0. The van der Waals surface area contributed by atoms with Crippen LogP contribution in [0.15, 0.2) is 42.5 Å². The van der Waals surface area contributed by atoms with Gasteiger partial charge in [0.15, 0.2) is 8.32 Å². The summed E-state index contributed by atoms with van der Waals surface area (Å²) in [6.45, 7) is 16.9. The first-order valence-electron chi connectivity index (χ1n) is 12.2. The van der Waals surface area contributed by atoms with Gasteiger partial charge in [0.2, 0.25) is 0 Å². The molecule has 0 aliphatic carbocycles. The lowest BCUT2D eigenvalue weighted by molar-refractivity contribution is 0.0502. The SMILES string of the molecule is C[C@H](CO)CC[C@@H](O[Si](C)(C)C(C)(C)C)[C@H](C)CC/C=C/[C@H](O)COCc1ccccc1. The highest BCUT2D eigenvalue weighted by Crippen LogP contribution is 2.39. The molecule has 1 aromatic rings. The Morgan fingerprint density at radius 1 is 1.03 bits per heavy atom. The minimum atomic E-state index is -1.86. The second-order valence-corrected chi connectivity index (χ2v) is 15.6. The lowest BCUT2D eigenvalue weighted by atomic mass is 9.93. The quantitative estimate of drug-likeness (QED) is 0.235. The monoisotopic (exact) mass is 464 g/mol. The van der Waals surface area contributed by atoms with E-state index in [4.69, 9.17) is 9.16 Å². The standard InChI is InChI=1S/C27H48O4Si/c1-22(19-28)17-18-26(31-32(6,7)27(3,4)5)23(2)13-11-12-16-25(29)21-30-20-24-14-9-8-10-15-24/h8-10,12,14-16,22-23,25-26,28-29H,11,13,17-21H2,1-7H3/b16-12+/t22-,23+,25-,26+/m0/s1. The summed E-state index contributed by atoms with van der Waals surface area (Å²) in [5.41, 5.74) is 1.11. The first kappa shape index (κ1) is 29.0. The maximum atomic E-state index is 10.2.